The van der Waals surface area contributed by atoms with E-state index in [1.807, 2.05) is 27.7 Å². The molecule has 0 amide bonds. The van der Waals surface area contributed by atoms with Crippen molar-refractivity contribution in [2.24, 2.45) is 0 Å². The molecule has 0 bridgehead atoms. The quantitative estimate of drug-likeness (QED) is 0.835. The van der Waals surface area contributed by atoms with Gasteiger partial charge in [-0.3, -0.25) is 9.89 Å². The zero-order chi connectivity index (χ0) is 18.0. The Hall–Kier alpha value is -1.85. The molecule has 2 aromatic rings. The summed E-state index contributed by atoms with van der Waals surface area (Å²) < 4.78 is 1.60. The number of rotatable bonds is 4. The van der Waals surface area contributed by atoms with Gasteiger partial charge >= 0.3 is 0 Å². The Morgan fingerprint density at radius 3 is 2.30 bits per heavy atom. The van der Waals surface area contributed by atoms with Crippen LogP contribution >= 0.6 is 0 Å². The van der Waals surface area contributed by atoms with Crippen LogP contribution in [0.1, 0.15) is 74.1 Å². The largest absolute Gasteiger partial charge is 0.354 e. The van der Waals surface area contributed by atoms with Crippen LogP contribution in [0.4, 0.5) is 5.95 Å². The van der Waals surface area contributed by atoms with Gasteiger partial charge in [-0.05, 0) is 6.42 Å². The minimum Gasteiger partial charge on any atom is -0.354 e. The molecule has 2 rings (SSSR count). The van der Waals surface area contributed by atoms with E-state index in [1.54, 1.807) is 4.52 Å². The number of H-pyrrole nitrogens is 1. The summed E-state index contributed by atoms with van der Waals surface area (Å²) in [6, 6.07) is 1.49. The van der Waals surface area contributed by atoms with Gasteiger partial charge in [0, 0.05) is 18.0 Å². The predicted molar refractivity (Wildman–Crippen MR) is 98.4 cm³/mol. The number of unbranched alkanes of at least 4 members (excludes halogenated alkanes) is 1. The molecule has 0 aliphatic rings. The molecule has 0 unspecified atom stereocenters. The van der Waals surface area contributed by atoms with Gasteiger partial charge < -0.3 is 5.32 Å². The fraction of sp³-hybridized carbons (Fsp3) is 0.706. The van der Waals surface area contributed by atoms with E-state index in [1.165, 1.54) is 6.07 Å². The fourth-order valence-electron chi connectivity index (χ4n) is 1.74. The second-order valence-electron chi connectivity index (χ2n) is 5.72. The van der Waals surface area contributed by atoms with Crippen molar-refractivity contribution in [1.82, 2.24) is 19.6 Å². The molecule has 0 spiro atoms. The number of nitrogens with zero attached hydrogens (tertiary/aromatic N) is 3. The van der Waals surface area contributed by atoms with E-state index < -0.39 is 0 Å². The third-order valence-corrected chi connectivity index (χ3v) is 2.84. The number of fused-ring (bicyclic) bond motifs is 1. The smallest absolute Gasteiger partial charge is 0.266 e. The third kappa shape index (κ3) is 6.04. The van der Waals surface area contributed by atoms with E-state index in [4.69, 9.17) is 0 Å². The second-order valence-corrected chi connectivity index (χ2v) is 5.72. The second kappa shape index (κ2) is 10.0. The highest BCUT2D eigenvalue weighted by Crippen LogP contribution is 2.20. The highest BCUT2D eigenvalue weighted by atomic mass is 16.1. The molecule has 2 heterocycles. The Bertz CT molecular complexity index is 622. The summed E-state index contributed by atoms with van der Waals surface area (Å²) in [5.74, 6) is 1.37. The number of hydrogen-bond acceptors (Lipinski definition) is 4. The number of aromatic nitrogens is 4. The molecule has 2 aromatic heterocycles. The molecule has 6 nitrogen and oxygen atoms in total. The summed E-state index contributed by atoms with van der Waals surface area (Å²) in [5.41, 5.74) is 0.277. The summed E-state index contributed by atoms with van der Waals surface area (Å²) >= 11 is 0. The van der Waals surface area contributed by atoms with Gasteiger partial charge in [-0.15, -0.1) is 0 Å². The van der Waals surface area contributed by atoms with E-state index >= 15 is 0 Å². The lowest BCUT2D eigenvalue weighted by Crippen LogP contribution is -2.20. The summed E-state index contributed by atoms with van der Waals surface area (Å²) in [4.78, 5) is 20.4. The Kier molecular flexibility index (Phi) is 9.22. The molecule has 2 N–H and O–H groups in total. The normalized spacial score (nSPS) is 10.4. The molecule has 23 heavy (non-hydrogen) atoms. The maximum absolute atomic E-state index is 11.5. The van der Waals surface area contributed by atoms with Crippen LogP contribution in [0, 0.1) is 0 Å². The van der Waals surface area contributed by atoms with Crippen molar-refractivity contribution in [1.29, 1.82) is 0 Å². The zero-order valence-corrected chi connectivity index (χ0v) is 15.9. The molecule has 0 aliphatic heterocycles. The van der Waals surface area contributed by atoms with Gasteiger partial charge in [0.25, 0.3) is 5.56 Å². The van der Waals surface area contributed by atoms with E-state index in [0.717, 1.165) is 25.2 Å². The van der Waals surface area contributed by atoms with Crippen LogP contribution in [0.2, 0.25) is 0 Å². The van der Waals surface area contributed by atoms with Crippen molar-refractivity contribution in [3.05, 3.63) is 22.2 Å². The molecule has 0 saturated carbocycles. The molecule has 132 valence electrons. The van der Waals surface area contributed by atoms with Crippen LogP contribution in [0.5, 0.6) is 0 Å². The molecule has 0 atom stereocenters. The fourth-order valence-corrected chi connectivity index (χ4v) is 1.74. The molecule has 0 saturated heterocycles. The van der Waals surface area contributed by atoms with Crippen LogP contribution in [0.25, 0.3) is 5.65 Å². The Labute approximate surface area is 139 Å². The van der Waals surface area contributed by atoms with Crippen molar-refractivity contribution in [3.8, 4) is 0 Å². The summed E-state index contributed by atoms with van der Waals surface area (Å²) in [7, 11) is 0. The average molecular weight is 323 g/mol. The first-order valence-electron chi connectivity index (χ1n) is 8.66. The summed E-state index contributed by atoms with van der Waals surface area (Å²) in [6.45, 7) is 17.1. The highest BCUT2D eigenvalue weighted by molar-refractivity contribution is 5.44. The molecule has 0 aromatic carbocycles. The van der Waals surface area contributed by atoms with Crippen molar-refractivity contribution < 1.29 is 0 Å². The van der Waals surface area contributed by atoms with Crippen LogP contribution in [-0.4, -0.2) is 26.1 Å². The van der Waals surface area contributed by atoms with Gasteiger partial charge in [-0.25, -0.2) is 9.50 Å². The minimum absolute atomic E-state index is 0.156. The number of hydrogen-bond donors (Lipinski definition) is 2. The van der Waals surface area contributed by atoms with Gasteiger partial charge in [0.05, 0.1) is 0 Å². The first kappa shape index (κ1) is 21.1. The average Bonchev–Trinajstić information content (AvgIpc) is 2.91. The number of nitrogens with one attached hydrogen (secondary N) is 2. The molecule has 0 fully saturated rings. The molecule has 0 aliphatic carbocycles. The number of aromatic amines is 1. The van der Waals surface area contributed by atoms with Gasteiger partial charge in [-0.1, -0.05) is 61.8 Å². The molecular formula is C17H33N5O. The first-order chi connectivity index (χ1) is 10.9. The zero-order valence-electron chi connectivity index (χ0n) is 15.9. The van der Waals surface area contributed by atoms with Crippen LogP contribution in [0.15, 0.2) is 10.9 Å². The monoisotopic (exact) mass is 323 g/mol. The molecule has 6 heteroatoms. The first-order valence-corrected chi connectivity index (χ1v) is 8.66. The van der Waals surface area contributed by atoms with Crippen molar-refractivity contribution in [2.45, 2.75) is 73.6 Å². The maximum atomic E-state index is 11.5. The highest BCUT2D eigenvalue weighted by Gasteiger charge is 2.20. The summed E-state index contributed by atoms with van der Waals surface area (Å²) in [6.07, 6.45) is 2.16. The maximum Gasteiger partial charge on any atom is 0.266 e. The van der Waals surface area contributed by atoms with Gasteiger partial charge in [-0.2, -0.15) is 4.98 Å². The van der Waals surface area contributed by atoms with Crippen LogP contribution in [-0.2, 0) is 5.41 Å². The Morgan fingerprint density at radius 2 is 1.78 bits per heavy atom. The summed E-state index contributed by atoms with van der Waals surface area (Å²) in [5, 5.41) is 5.96. The Morgan fingerprint density at radius 1 is 1.17 bits per heavy atom. The third-order valence-electron chi connectivity index (χ3n) is 2.84. The van der Waals surface area contributed by atoms with Gasteiger partial charge in [0.1, 0.15) is 5.82 Å². The van der Waals surface area contributed by atoms with E-state index in [9.17, 15) is 4.79 Å². The SMILES string of the molecule is CC.CC.CCCCNc1nc(C(C)(C)C)nc2cc(=O)[nH]n12. The minimum atomic E-state index is -0.168. The van der Waals surface area contributed by atoms with E-state index in [2.05, 4.69) is 48.1 Å². The van der Waals surface area contributed by atoms with Crippen LogP contribution < -0.4 is 10.9 Å². The lowest BCUT2D eigenvalue weighted by atomic mass is 9.96. The molecular weight excluding hydrogens is 290 g/mol. The number of anilines is 1. The van der Waals surface area contributed by atoms with Gasteiger partial charge in [0.2, 0.25) is 5.95 Å². The predicted octanol–water partition coefficient (Wildman–Crippen LogP) is 3.98. The lowest BCUT2D eigenvalue weighted by molar-refractivity contribution is 0.543. The van der Waals surface area contributed by atoms with Crippen molar-refractivity contribution in [2.75, 3.05) is 11.9 Å². The van der Waals surface area contributed by atoms with E-state index in [0.29, 0.717) is 11.6 Å². The van der Waals surface area contributed by atoms with Crippen molar-refractivity contribution >= 4 is 11.6 Å². The lowest BCUT2D eigenvalue weighted by Gasteiger charge is -2.18. The standard InChI is InChI=1S/C13H21N5O.2C2H6/c1-5-6-7-14-12-16-11(13(2,3)4)15-9-8-10(19)17-18(9)12;2*1-2/h8H,5-7H2,1-4H3,(H,17,19)(H,14,15,16);2*1-2H3. The molecule has 0 radical (unpaired) electrons. The topological polar surface area (TPSA) is 75.1 Å². The van der Waals surface area contributed by atoms with Gasteiger partial charge in [0.15, 0.2) is 5.65 Å². The van der Waals surface area contributed by atoms with Crippen molar-refractivity contribution in [3.63, 3.8) is 0 Å². The Balaban J connectivity index is 0.00000112. The van der Waals surface area contributed by atoms with E-state index in [-0.39, 0.29) is 11.0 Å². The van der Waals surface area contributed by atoms with Crippen LogP contribution in [0.3, 0.4) is 0 Å².